The van der Waals surface area contributed by atoms with Crippen LogP contribution in [0.25, 0.3) is 0 Å². The minimum Gasteiger partial charge on any atom is -0.492 e. The zero-order valence-electron chi connectivity index (χ0n) is 12.2. The second-order valence-corrected chi connectivity index (χ2v) is 4.76. The first-order chi connectivity index (χ1) is 11.3. The third-order valence-electron chi connectivity index (χ3n) is 3.00. The summed E-state index contributed by atoms with van der Waals surface area (Å²) in [6.07, 6.45) is -4.47. The Kier molecular flexibility index (Phi) is 5.38. The molecule has 0 bridgehead atoms. The van der Waals surface area contributed by atoms with Crippen molar-refractivity contribution in [1.29, 1.82) is 0 Å². The van der Waals surface area contributed by atoms with Gasteiger partial charge in [-0.15, -0.1) is 0 Å². The lowest BCUT2D eigenvalue weighted by atomic mass is 10.2. The molecule has 0 aliphatic carbocycles. The number of carbonyl (C=O) groups excluding carboxylic acids is 1. The number of halogens is 5. The highest BCUT2D eigenvalue weighted by atomic mass is 19.4. The van der Waals surface area contributed by atoms with Crippen molar-refractivity contribution in [3.05, 3.63) is 65.2 Å². The number of amides is 1. The van der Waals surface area contributed by atoms with Crippen LogP contribution in [0.2, 0.25) is 0 Å². The predicted molar refractivity (Wildman–Crippen MR) is 75.6 cm³/mol. The van der Waals surface area contributed by atoms with Crippen LogP contribution in [0.4, 0.5) is 22.0 Å². The molecule has 0 aliphatic rings. The van der Waals surface area contributed by atoms with Crippen LogP contribution in [-0.2, 0) is 6.18 Å². The van der Waals surface area contributed by atoms with E-state index in [-0.39, 0.29) is 24.5 Å². The van der Waals surface area contributed by atoms with E-state index in [1.54, 1.807) is 0 Å². The number of rotatable bonds is 5. The monoisotopic (exact) mass is 345 g/mol. The fourth-order valence-corrected chi connectivity index (χ4v) is 1.84. The maximum absolute atomic E-state index is 13.0. The highest BCUT2D eigenvalue weighted by Crippen LogP contribution is 2.31. The van der Waals surface area contributed by atoms with Crippen molar-refractivity contribution in [1.82, 2.24) is 5.32 Å². The lowest BCUT2D eigenvalue weighted by molar-refractivity contribution is -0.137. The van der Waals surface area contributed by atoms with Gasteiger partial charge in [-0.2, -0.15) is 13.2 Å². The molecule has 0 spiro atoms. The molecule has 8 heteroatoms. The molecule has 2 aromatic rings. The molecular formula is C16H12F5NO2. The van der Waals surface area contributed by atoms with Gasteiger partial charge in [0.05, 0.1) is 12.1 Å². The number of benzene rings is 2. The van der Waals surface area contributed by atoms with Crippen LogP contribution in [0.15, 0.2) is 42.5 Å². The Hall–Kier alpha value is -2.64. The van der Waals surface area contributed by atoms with Crippen molar-refractivity contribution in [2.45, 2.75) is 6.18 Å². The first kappa shape index (κ1) is 17.7. The van der Waals surface area contributed by atoms with Crippen molar-refractivity contribution in [3.8, 4) is 5.75 Å². The summed E-state index contributed by atoms with van der Waals surface area (Å²) < 4.78 is 68.5. The van der Waals surface area contributed by atoms with Crippen molar-refractivity contribution in [2.75, 3.05) is 13.2 Å². The van der Waals surface area contributed by atoms with E-state index in [4.69, 9.17) is 4.74 Å². The summed E-state index contributed by atoms with van der Waals surface area (Å²) in [6.45, 7) is -0.106. The van der Waals surface area contributed by atoms with E-state index in [0.717, 1.165) is 30.3 Å². The Morgan fingerprint density at radius 3 is 2.46 bits per heavy atom. The smallest absolute Gasteiger partial charge is 0.416 e. The van der Waals surface area contributed by atoms with Gasteiger partial charge in [0, 0.05) is 5.56 Å². The summed E-state index contributed by atoms with van der Waals surface area (Å²) in [6, 6.07) is 7.00. The van der Waals surface area contributed by atoms with Crippen molar-refractivity contribution in [2.24, 2.45) is 0 Å². The molecule has 0 fully saturated rings. The molecule has 1 N–H and O–H groups in total. The second kappa shape index (κ2) is 7.29. The largest absolute Gasteiger partial charge is 0.492 e. The molecule has 3 nitrogen and oxygen atoms in total. The maximum atomic E-state index is 13.0. The number of hydrogen-bond donors (Lipinski definition) is 1. The second-order valence-electron chi connectivity index (χ2n) is 4.76. The molecule has 0 heterocycles. The summed E-state index contributed by atoms with van der Waals surface area (Å²) in [5.41, 5.74) is -0.918. The summed E-state index contributed by atoms with van der Waals surface area (Å²) in [5.74, 6) is -2.87. The molecule has 1 amide bonds. The van der Waals surface area contributed by atoms with Gasteiger partial charge in [0.25, 0.3) is 5.91 Å². The average molecular weight is 345 g/mol. The van der Waals surface area contributed by atoms with Crippen LogP contribution in [0.1, 0.15) is 15.9 Å². The van der Waals surface area contributed by atoms with Gasteiger partial charge >= 0.3 is 6.18 Å². The Labute approximate surface area is 134 Å². The molecule has 2 aromatic carbocycles. The topological polar surface area (TPSA) is 38.3 Å². The molecule has 0 radical (unpaired) electrons. The molecule has 24 heavy (non-hydrogen) atoms. The minimum atomic E-state index is -4.47. The highest BCUT2D eigenvalue weighted by Gasteiger charge is 2.30. The first-order valence-corrected chi connectivity index (χ1v) is 6.80. The summed E-state index contributed by atoms with van der Waals surface area (Å²) in [4.78, 5) is 11.7. The summed E-state index contributed by atoms with van der Waals surface area (Å²) in [5, 5.41) is 2.39. The fraction of sp³-hybridized carbons (Fsp3) is 0.188. The van der Waals surface area contributed by atoms with E-state index in [9.17, 15) is 26.7 Å². The van der Waals surface area contributed by atoms with Gasteiger partial charge in [0.2, 0.25) is 0 Å². The molecule has 0 unspecified atom stereocenters. The Morgan fingerprint density at radius 1 is 1.04 bits per heavy atom. The van der Waals surface area contributed by atoms with Crippen molar-refractivity contribution < 1.29 is 31.5 Å². The van der Waals surface area contributed by atoms with Gasteiger partial charge in [-0.3, -0.25) is 4.79 Å². The predicted octanol–water partition coefficient (Wildman–Crippen LogP) is 3.79. The summed E-state index contributed by atoms with van der Waals surface area (Å²) >= 11 is 0. The Balaban J connectivity index is 1.84. The van der Waals surface area contributed by atoms with Crippen molar-refractivity contribution in [3.63, 3.8) is 0 Å². The maximum Gasteiger partial charge on any atom is 0.416 e. The van der Waals surface area contributed by atoms with E-state index >= 15 is 0 Å². The third kappa shape index (κ3) is 4.68. The zero-order chi connectivity index (χ0) is 17.7. The van der Waals surface area contributed by atoms with Crippen LogP contribution in [0.5, 0.6) is 5.75 Å². The SMILES string of the molecule is O=C(NCCOc1cccc(C(F)(F)F)c1)c1ccc(F)c(F)c1. The van der Waals surface area contributed by atoms with E-state index in [2.05, 4.69) is 5.32 Å². The lowest BCUT2D eigenvalue weighted by Gasteiger charge is -2.11. The fourth-order valence-electron chi connectivity index (χ4n) is 1.84. The van der Waals surface area contributed by atoms with Crippen LogP contribution in [0, 0.1) is 11.6 Å². The first-order valence-electron chi connectivity index (χ1n) is 6.80. The molecular weight excluding hydrogens is 333 g/mol. The van der Waals surface area contributed by atoms with Crippen LogP contribution >= 0.6 is 0 Å². The van der Waals surface area contributed by atoms with E-state index in [0.29, 0.717) is 0 Å². The Bertz CT molecular complexity index is 731. The zero-order valence-corrected chi connectivity index (χ0v) is 12.2. The lowest BCUT2D eigenvalue weighted by Crippen LogP contribution is -2.28. The van der Waals surface area contributed by atoms with Gasteiger partial charge in [-0.25, -0.2) is 8.78 Å². The van der Waals surface area contributed by atoms with Gasteiger partial charge in [-0.1, -0.05) is 6.07 Å². The third-order valence-corrected chi connectivity index (χ3v) is 3.00. The van der Waals surface area contributed by atoms with Gasteiger partial charge in [-0.05, 0) is 36.4 Å². The molecule has 2 rings (SSSR count). The van der Waals surface area contributed by atoms with E-state index < -0.39 is 29.3 Å². The van der Waals surface area contributed by atoms with E-state index in [1.807, 2.05) is 0 Å². The van der Waals surface area contributed by atoms with Gasteiger partial charge in [0.1, 0.15) is 12.4 Å². The molecule has 0 saturated carbocycles. The number of alkyl halides is 3. The number of hydrogen-bond acceptors (Lipinski definition) is 2. The number of carbonyl (C=O) groups is 1. The Morgan fingerprint density at radius 2 is 1.79 bits per heavy atom. The molecule has 0 aromatic heterocycles. The van der Waals surface area contributed by atoms with E-state index in [1.165, 1.54) is 12.1 Å². The molecule has 0 atom stereocenters. The number of nitrogens with one attached hydrogen (secondary N) is 1. The molecule has 128 valence electrons. The van der Waals surface area contributed by atoms with Crippen molar-refractivity contribution >= 4 is 5.91 Å². The quantitative estimate of drug-likeness (QED) is 0.661. The highest BCUT2D eigenvalue weighted by molar-refractivity contribution is 5.94. The van der Waals surface area contributed by atoms with Gasteiger partial charge < -0.3 is 10.1 Å². The molecule has 0 saturated heterocycles. The summed E-state index contributed by atoms with van der Waals surface area (Å²) in [7, 11) is 0. The van der Waals surface area contributed by atoms with Crippen LogP contribution in [0.3, 0.4) is 0 Å². The number of ether oxygens (including phenoxy) is 1. The normalized spacial score (nSPS) is 11.2. The average Bonchev–Trinajstić information content (AvgIpc) is 2.53. The standard InChI is InChI=1S/C16H12F5NO2/c17-13-5-4-10(8-14(13)18)15(23)22-6-7-24-12-3-1-2-11(9-12)16(19,20)21/h1-5,8-9H,6-7H2,(H,22,23). The van der Waals surface area contributed by atoms with Gasteiger partial charge in [0.15, 0.2) is 11.6 Å². The van der Waals surface area contributed by atoms with Crippen LogP contribution in [-0.4, -0.2) is 19.1 Å². The minimum absolute atomic E-state index is 0.00639. The molecule has 0 aliphatic heterocycles. The van der Waals surface area contributed by atoms with Crippen LogP contribution < -0.4 is 10.1 Å².